The lowest BCUT2D eigenvalue weighted by atomic mass is 9.93. The molecular weight excluding hydrogens is 452 g/mol. The second kappa shape index (κ2) is 9.85. The maximum atomic E-state index is 13.6. The number of unbranched alkanes of at least 4 members (excludes halogenated alkanes) is 1. The molecule has 2 aromatic carbocycles. The fraction of sp³-hybridized carbons (Fsp3) is 0.276. The normalized spacial score (nSPS) is 14.8. The first-order chi connectivity index (χ1) is 17.5. The summed E-state index contributed by atoms with van der Waals surface area (Å²) >= 11 is 0. The number of benzene rings is 2. The molecule has 4 aromatic rings. The smallest absolute Gasteiger partial charge is 0.273 e. The molecule has 0 saturated heterocycles. The zero-order valence-corrected chi connectivity index (χ0v) is 20.8. The Morgan fingerprint density at radius 2 is 1.94 bits per heavy atom. The van der Waals surface area contributed by atoms with Gasteiger partial charge in [0.25, 0.3) is 5.91 Å². The fourth-order valence-corrected chi connectivity index (χ4v) is 4.92. The first kappa shape index (κ1) is 23.6. The van der Waals surface area contributed by atoms with E-state index in [4.69, 9.17) is 4.74 Å². The van der Waals surface area contributed by atoms with Crippen LogP contribution in [0.2, 0.25) is 0 Å². The van der Waals surface area contributed by atoms with E-state index in [-0.39, 0.29) is 17.7 Å². The molecule has 1 amide bonds. The van der Waals surface area contributed by atoms with E-state index in [0.717, 1.165) is 46.4 Å². The number of phenols is 1. The number of amides is 1. The van der Waals surface area contributed by atoms with Gasteiger partial charge in [-0.15, -0.1) is 0 Å². The molecule has 1 atom stereocenters. The van der Waals surface area contributed by atoms with Crippen molar-refractivity contribution in [1.82, 2.24) is 20.1 Å². The molecule has 7 nitrogen and oxygen atoms in total. The van der Waals surface area contributed by atoms with E-state index in [1.807, 2.05) is 61.2 Å². The Morgan fingerprint density at radius 1 is 1.14 bits per heavy atom. The number of hydrogen-bond donors (Lipinski definition) is 2. The van der Waals surface area contributed by atoms with E-state index in [2.05, 4.69) is 22.1 Å². The average Bonchev–Trinajstić information content (AvgIpc) is 3.39. The largest absolute Gasteiger partial charge is 0.507 e. The average molecular weight is 483 g/mol. The molecule has 184 valence electrons. The van der Waals surface area contributed by atoms with Crippen molar-refractivity contribution < 1.29 is 14.6 Å². The van der Waals surface area contributed by atoms with Crippen LogP contribution in [-0.4, -0.2) is 37.7 Å². The van der Waals surface area contributed by atoms with Crippen LogP contribution in [0.3, 0.4) is 0 Å². The van der Waals surface area contributed by atoms with Crippen molar-refractivity contribution in [1.29, 1.82) is 0 Å². The summed E-state index contributed by atoms with van der Waals surface area (Å²) in [7, 11) is 0. The summed E-state index contributed by atoms with van der Waals surface area (Å²) in [5, 5.41) is 18.4. The molecule has 36 heavy (non-hydrogen) atoms. The third kappa shape index (κ3) is 4.33. The predicted octanol–water partition coefficient (Wildman–Crippen LogP) is 5.72. The van der Waals surface area contributed by atoms with E-state index >= 15 is 0 Å². The number of nitrogens with zero attached hydrogens (tertiary/aromatic N) is 3. The summed E-state index contributed by atoms with van der Waals surface area (Å²) in [5.41, 5.74) is 6.19. The van der Waals surface area contributed by atoms with Gasteiger partial charge in [-0.1, -0.05) is 37.6 Å². The summed E-state index contributed by atoms with van der Waals surface area (Å²) < 4.78 is 5.86. The van der Waals surface area contributed by atoms with Crippen molar-refractivity contribution in [3.63, 3.8) is 0 Å². The minimum absolute atomic E-state index is 0.134. The number of carbonyl (C=O) groups excluding carboxylic acids is 1. The number of aromatic hydroxyl groups is 1. The molecule has 0 radical (unpaired) electrons. The number of hydrogen-bond acceptors (Lipinski definition) is 5. The summed E-state index contributed by atoms with van der Waals surface area (Å²) in [6, 6.07) is 15.1. The van der Waals surface area contributed by atoms with E-state index in [0.29, 0.717) is 30.1 Å². The molecule has 2 N–H and O–H groups in total. The first-order valence-electron chi connectivity index (χ1n) is 12.3. The molecule has 1 unspecified atom stereocenters. The van der Waals surface area contributed by atoms with Crippen LogP contribution < -0.4 is 4.74 Å². The molecule has 3 heterocycles. The van der Waals surface area contributed by atoms with Gasteiger partial charge in [0.05, 0.1) is 12.6 Å². The highest BCUT2D eigenvalue weighted by molar-refractivity contribution is 6.00. The van der Waals surface area contributed by atoms with Crippen LogP contribution >= 0.6 is 0 Å². The monoisotopic (exact) mass is 482 g/mol. The lowest BCUT2D eigenvalue weighted by Gasteiger charge is -2.27. The predicted molar refractivity (Wildman–Crippen MR) is 138 cm³/mol. The van der Waals surface area contributed by atoms with Crippen LogP contribution in [0.25, 0.3) is 11.3 Å². The Balaban J connectivity index is 1.60. The van der Waals surface area contributed by atoms with E-state index in [1.54, 1.807) is 18.5 Å². The van der Waals surface area contributed by atoms with Gasteiger partial charge in [0.2, 0.25) is 0 Å². The molecule has 1 aliphatic rings. The fourth-order valence-electron chi connectivity index (χ4n) is 4.92. The molecule has 5 rings (SSSR count). The number of fused-ring (bicyclic) bond motifs is 1. The standard InChI is InChI=1S/C29H30N4O3/c1-4-5-13-36-22-10-8-21(9-11-22)28-25-26(24-19(3)14-18(2)15-23(24)34)31-32-27(25)29(35)33(28)17-20-7-6-12-30-16-20/h6-12,14-16,28,34H,4-5,13,17H2,1-3H3,(H,31,32). The molecule has 0 bridgehead atoms. The zero-order chi connectivity index (χ0) is 25.2. The van der Waals surface area contributed by atoms with Gasteiger partial charge in [0.1, 0.15) is 22.9 Å². The van der Waals surface area contributed by atoms with Gasteiger partial charge in [0, 0.05) is 30.1 Å². The second-order valence-electron chi connectivity index (χ2n) is 9.30. The Morgan fingerprint density at radius 3 is 2.64 bits per heavy atom. The Labute approximate surface area is 210 Å². The number of aromatic nitrogens is 3. The van der Waals surface area contributed by atoms with Crippen molar-refractivity contribution in [2.75, 3.05) is 6.61 Å². The zero-order valence-electron chi connectivity index (χ0n) is 20.8. The van der Waals surface area contributed by atoms with Crippen LogP contribution in [0.5, 0.6) is 11.5 Å². The highest BCUT2D eigenvalue weighted by atomic mass is 16.5. The minimum atomic E-state index is -0.383. The number of carbonyl (C=O) groups is 1. The van der Waals surface area contributed by atoms with Crippen molar-refractivity contribution in [2.45, 2.75) is 46.2 Å². The van der Waals surface area contributed by atoms with E-state index in [9.17, 15) is 9.90 Å². The highest BCUT2D eigenvalue weighted by Crippen LogP contribution is 2.46. The minimum Gasteiger partial charge on any atom is -0.507 e. The number of ether oxygens (including phenoxy) is 1. The van der Waals surface area contributed by atoms with Crippen molar-refractivity contribution in [3.05, 3.63) is 94.4 Å². The van der Waals surface area contributed by atoms with Crippen LogP contribution in [0.4, 0.5) is 0 Å². The molecule has 0 fully saturated rings. The maximum absolute atomic E-state index is 13.6. The first-order valence-corrected chi connectivity index (χ1v) is 12.3. The third-order valence-electron chi connectivity index (χ3n) is 6.60. The molecule has 0 aliphatic carbocycles. The Bertz CT molecular complexity index is 1360. The summed E-state index contributed by atoms with van der Waals surface area (Å²) in [6.45, 7) is 7.09. The van der Waals surface area contributed by atoms with Crippen molar-refractivity contribution in [2.24, 2.45) is 0 Å². The Kier molecular flexibility index (Phi) is 6.46. The summed E-state index contributed by atoms with van der Waals surface area (Å²) in [4.78, 5) is 19.7. The number of nitrogens with one attached hydrogen (secondary N) is 1. The van der Waals surface area contributed by atoms with Crippen LogP contribution in [0.1, 0.15) is 64.1 Å². The van der Waals surface area contributed by atoms with Gasteiger partial charge >= 0.3 is 0 Å². The topological polar surface area (TPSA) is 91.3 Å². The van der Waals surface area contributed by atoms with Gasteiger partial charge in [-0.05, 0) is 66.8 Å². The van der Waals surface area contributed by atoms with Gasteiger partial charge in [-0.3, -0.25) is 14.9 Å². The van der Waals surface area contributed by atoms with Gasteiger partial charge in [-0.25, -0.2) is 0 Å². The van der Waals surface area contributed by atoms with Crippen LogP contribution in [-0.2, 0) is 6.54 Å². The molecular formula is C29H30N4O3. The van der Waals surface area contributed by atoms with E-state index < -0.39 is 0 Å². The van der Waals surface area contributed by atoms with E-state index in [1.165, 1.54) is 0 Å². The number of H-pyrrole nitrogens is 1. The van der Waals surface area contributed by atoms with Crippen LogP contribution in [0, 0.1) is 13.8 Å². The number of aryl methyl sites for hydroxylation is 2. The Hall–Kier alpha value is -4.13. The number of aromatic amines is 1. The third-order valence-corrected chi connectivity index (χ3v) is 6.60. The molecule has 1 aliphatic heterocycles. The summed E-state index contributed by atoms with van der Waals surface area (Å²) in [6.07, 6.45) is 5.57. The van der Waals surface area contributed by atoms with Gasteiger partial charge in [-0.2, -0.15) is 5.10 Å². The SMILES string of the molecule is CCCCOc1ccc(C2c3c(-c4c(C)cc(C)cc4O)n[nH]c3C(=O)N2Cc2cccnc2)cc1. The lowest BCUT2D eigenvalue weighted by Crippen LogP contribution is -2.29. The van der Waals surface area contributed by atoms with Crippen LogP contribution in [0.15, 0.2) is 60.9 Å². The van der Waals surface area contributed by atoms with Crippen molar-refractivity contribution >= 4 is 5.91 Å². The number of phenolic OH excluding ortho intramolecular Hbond substituents is 1. The quantitative estimate of drug-likeness (QED) is 0.314. The molecule has 7 heteroatoms. The number of pyridine rings is 1. The van der Waals surface area contributed by atoms with Crippen molar-refractivity contribution in [3.8, 4) is 22.8 Å². The van der Waals surface area contributed by atoms with Gasteiger partial charge < -0.3 is 14.7 Å². The summed E-state index contributed by atoms with van der Waals surface area (Å²) in [5.74, 6) is 0.818. The molecule has 2 aromatic heterocycles. The molecule has 0 spiro atoms. The molecule has 0 saturated carbocycles. The lowest BCUT2D eigenvalue weighted by molar-refractivity contribution is 0.0730. The maximum Gasteiger partial charge on any atom is 0.273 e. The van der Waals surface area contributed by atoms with Gasteiger partial charge in [0.15, 0.2) is 0 Å². The highest BCUT2D eigenvalue weighted by Gasteiger charge is 2.42. The number of rotatable bonds is 8. The second-order valence-corrected chi connectivity index (χ2v) is 9.30.